The van der Waals surface area contributed by atoms with Crippen LogP contribution in [0.15, 0.2) is 36.5 Å². The fourth-order valence-corrected chi connectivity index (χ4v) is 2.61. The lowest BCUT2D eigenvalue weighted by molar-refractivity contribution is 0.282. The Bertz CT molecular complexity index is 288. The van der Waals surface area contributed by atoms with E-state index >= 15 is 0 Å². The SMILES string of the molecule is CCC=CCC=CCC=CCCCCCCCCCCCCO. The quantitative estimate of drug-likeness (QED) is 0.223. The zero-order valence-corrected chi connectivity index (χ0v) is 15.5. The molecule has 0 rings (SSSR count). The van der Waals surface area contributed by atoms with Crippen molar-refractivity contribution in [1.82, 2.24) is 0 Å². The Morgan fingerprint density at radius 2 is 0.957 bits per heavy atom. The largest absolute Gasteiger partial charge is 0.396 e. The molecular weight excluding hydrogens is 280 g/mol. The average Bonchev–Trinajstić information content (AvgIpc) is 2.57. The summed E-state index contributed by atoms with van der Waals surface area (Å²) in [5.74, 6) is 0. The summed E-state index contributed by atoms with van der Waals surface area (Å²) in [6.45, 7) is 2.53. The van der Waals surface area contributed by atoms with Crippen LogP contribution in [-0.2, 0) is 0 Å². The molecule has 0 aliphatic rings. The molecule has 0 aliphatic heterocycles. The summed E-state index contributed by atoms with van der Waals surface area (Å²) in [7, 11) is 0. The standard InChI is InChI=1S/C22H40O/c1-2-3-4-5-6-7-8-9-10-11-12-13-14-15-16-17-18-19-20-21-22-23/h3-4,6-7,9-10,23H,2,5,8,11-22H2,1H3. The van der Waals surface area contributed by atoms with Gasteiger partial charge in [0.15, 0.2) is 0 Å². The third kappa shape index (κ3) is 21.2. The van der Waals surface area contributed by atoms with Gasteiger partial charge < -0.3 is 5.11 Å². The van der Waals surface area contributed by atoms with Crippen molar-refractivity contribution < 1.29 is 5.11 Å². The summed E-state index contributed by atoms with van der Waals surface area (Å²) in [5.41, 5.74) is 0. The topological polar surface area (TPSA) is 20.2 Å². The van der Waals surface area contributed by atoms with Crippen LogP contribution >= 0.6 is 0 Å². The molecule has 0 bridgehead atoms. The summed E-state index contributed by atoms with van der Waals surface area (Å²) < 4.78 is 0. The van der Waals surface area contributed by atoms with Gasteiger partial charge in [0.25, 0.3) is 0 Å². The summed E-state index contributed by atoms with van der Waals surface area (Å²) in [6, 6.07) is 0. The summed E-state index contributed by atoms with van der Waals surface area (Å²) in [4.78, 5) is 0. The molecule has 134 valence electrons. The van der Waals surface area contributed by atoms with Gasteiger partial charge in [-0.05, 0) is 38.5 Å². The first kappa shape index (κ1) is 22.2. The Balaban J connectivity index is 3.14. The van der Waals surface area contributed by atoms with Crippen LogP contribution in [0.25, 0.3) is 0 Å². The lowest BCUT2D eigenvalue weighted by atomic mass is 10.1. The smallest absolute Gasteiger partial charge is 0.0431 e. The molecule has 0 radical (unpaired) electrons. The molecule has 1 nitrogen and oxygen atoms in total. The van der Waals surface area contributed by atoms with Gasteiger partial charge in [-0.25, -0.2) is 0 Å². The van der Waals surface area contributed by atoms with Crippen LogP contribution in [0, 0.1) is 0 Å². The van der Waals surface area contributed by atoms with E-state index in [4.69, 9.17) is 5.11 Å². The van der Waals surface area contributed by atoms with Crippen LogP contribution in [0.4, 0.5) is 0 Å². The van der Waals surface area contributed by atoms with Gasteiger partial charge in [0, 0.05) is 6.61 Å². The maximum atomic E-state index is 8.70. The van der Waals surface area contributed by atoms with E-state index in [-0.39, 0.29) is 0 Å². The third-order valence-corrected chi connectivity index (χ3v) is 4.06. The minimum absolute atomic E-state index is 0.362. The van der Waals surface area contributed by atoms with E-state index in [1.165, 1.54) is 64.2 Å². The molecule has 0 saturated carbocycles. The molecule has 0 aromatic heterocycles. The maximum Gasteiger partial charge on any atom is 0.0431 e. The molecule has 1 heteroatoms. The highest BCUT2D eigenvalue weighted by Crippen LogP contribution is 2.11. The normalized spacial score (nSPS) is 12.3. The van der Waals surface area contributed by atoms with E-state index in [2.05, 4.69) is 43.4 Å². The van der Waals surface area contributed by atoms with Crippen molar-refractivity contribution in [3.63, 3.8) is 0 Å². The number of hydrogen-bond donors (Lipinski definition) is 1. The van der Waals surface area contributed by atoms with E-state index in [0.717, 1.165) is 25.7 Å². The molecule has 0 saturated heterocycles. The predicted octanol–water partition coefficient (Wildman–Crippen LogP) is 7.13. The fourth-order valence-electron chi connectivity index (χ4n) is 2.61. The number of hydrogen-bond acceptors (Lipinski definition) is 1. The van der Waals surface area contributed by atoms with Gasteiger partial charge in [-0.3, -0.25) is 0 Å². The minimum Gasteiger partial charge on any atom is -0.396 e. The second kappa shape index (κ2) is 21.2. The van der Waals surface area contributed by atoms with Gasteiger partial charge in [0.1, 0.15) is 0 Å². The van der Waals surface area contributed by atoms with Crippen LogP contribution < -0.4 is 0 Å². The minimum atomic E-state index is 0.362. The highest BCUT2D eigenvalue weighted by atomic mass is 16.2. The molecule has 0 aliphatic carbocycles. The molecular formula is C22H40O. The van der Waals surface area contributed by atoms with Crippen molar-refractivity contribution in [2.24, 2.45) is 0 Å². The number of aliphatic hydroxyl groups excluding tert-OH is 1. The van der Waals surface area contributed by atoms with Gasteiger partial charge in [-0.15, -0.1) is 0 Å². The average molecular weight is 321 g/mol. The van der Waals surface area contributed by atoms with E-state index in [1.54, 1.807) is 0 Å². The van der Waals surface area contributed by atoms with E-state index in [9.17, 15) is 0 Å². The van der Waals surface area contributed by atoms with E-state index < -0.39 is 0 Å². The third-order valence-electron chi connectivity index (χ3n) is 4.06. The van der Waals surface area contributed by atoms with Crippen LogP contribution in [0.3, 0.4) is 0 Å². The number of aliphatic hydroxyl groups is 1. The molecule has 0 amide bonds. The van der Waals surface area contributed by atoms with Crippen LogP contribution in [0.5, 0.6) is 0 Å². The highest BCUT2D eigenvalue weighted by molar-refractivity contribution is 4.96. The number of unbranched alkanes of at least 4 members (excludes halogenated alkanes) is 10. The summed E-state index contributed by atoms with van der Waals surface area (Å²) in [5, 5.41) is 8.70. The molecule has 0 heterocycles. The Kier molecular flexibility index (Phi) is 20.4. The monoisotopic (exact) mass is 320 g/mol. The predicted molar refractivity (Wildman–Crippen MR) is 105 cm³/mol. The Morgan fingerprint density at radius 3 is 1.48 bits per heavy atom. The van der Waals surface area contributed by atoms with Crippen LogP contribution in [-0.4, -0.2) is 11.7 Å². The molecule has 0 aromatic carbocycles. The summed E-state index contributed by atoms with van der Waals surface area (Å²) in [6.07, 6.45) is 31.3. The Hall–Kier alpha value is -0.820. The lowest BCUT2D eigenvalue weighted by Gasteiger charge is -2.01. The Labute approximate surface area is 145 Å². The van der Waals surface area contributed by atoms with Gasteiger partial charge in [-0.2, -0.15) is 0 Å². The van der Waals surface area contributed by atoms with Gasteiger partial charge in [0.05, 0.1) is 0 Å². The van der Waals surface area contributed by atoms with Gasteiger partial charge in [0.2, 0.25) is 0 Å². The van der Waals surface area contributed by atoms with Crippen molar-refractivity contribution in [2.75, 3.05) is 6.61 Å². The first-order valence-electron chi connectivity index (χ1n) is 9.97. The number of allylic oxidation sites excluding steroid dienone is 6. The molecule has 0 unspecified atom stereocenters. The molecule has 0 spiro atoms. The zero-order valence-electron chi connectivity index (χ0n) is 15.5. The van der Waals surface area contributed by atoms with Gasteiger partial charge >= 0.3 is 0 Å². The maximum absolute atomic E-state index is 8.70. The lowest BCUT2D eigenvalue weighted by Crippen LogP contribution is -1.84. The molecule has 1 N–H and O–H groups in total. The Morgan fingerprint density at radius 1 is 0.522 bits per heavy atom. The second-order valence-corrected chi connectivity index (χ2v) is 6.34. The highest BCUT2D eigenvalue weighted by Gasteiger charge is 1.92. The van der Waals surface area contributed by atoms with Crippen molar-refractivity contribution in [1.29, 1.82) is 0 Å². The molecule has 0 atom stereocenters. The molecule has 0 fully saturated rings. The van der Waals surface area contributed by atoms with E-state index in [1.807, 2.05) is 0 Å². The molecule has 23 heavy (non-hydrogen) atoms. The van der Waals surface area contributed by atoms with Crippen LogP contribution in [0.1, 0.15) is 96.8 Å². The van der Waals surface area contributed by atoms with Crippen molar-refractivity contribution in [3.8, 4) is 0 Å². The number of rotatable bonds is 17. The van der Waals surface area contributed by atoms with E-state index in [0.29, 0.717) is 6.61 Å². The molecule has 0 aromatic rings. The van der Waals surface area contributed by atoms with Gasteiger partial charge in [-0.1, -0.05) is 94.7 Å². The van der Waals surface area contributed by atoms with Crippen molar-refractivity contribution in [3.05, 3.63) is 36.5 Å². The second-order valence-electron chi connectivity index (χ2n) is 6.34. The first-order chi connectivity index (χ1) is 11.4. The van der Waals surface area contributed by atoms with Crippen molar-refractivity contribution in [2.45, 2.75) is 96.8 Å². The van der Waals surface area contributed by atoms with Crippen molar-refractivity contribution >= 4 is 0 Å². The zero-order chi connectivity index (χ0) is 16.8. The first-order valence-corrected chi connectivity index (χ1v) is 9.97. The fraction of sp³-hybridized carbons (Fsp3) is 0.727. The van der Waals surface area contributed by atoms with Crippen LogP contribution in [0.2, 0.25) is 0 Å². The summed E-state index contributed by atoms with van der Waals surface area (Å²) >= 11 is 0.